The van der Waals surface area contributed by atoms with Gasteiger partial charge in [-0.25, -0.2) is 0 Å². The molecule has 1 amide bonds. The summed E-state index contributed by atoms with van der Waals surface area (Å²) in [6.45, 7) is 4.01. The first-order valence-electron chi connectivity index (χ1n) is 7.31. The van der Waals surface area contributed by atoms with Crippen LogP contribution < -0.4 is 4.90 Å². The number of anilines is 1. The highest BCUT2D eigenvalue weighted by molar-refractivity contribution is 8.27. The van der Waals surface area contributed by atoms with Crippen molar-refractivity contribution in [2.45, 2.75) is 13.8 Å². The standard InChI is InChI=1S/C18H13Cl2NO2S2/c1-9-3-4-12(5-10(9)2)21-17(23)15(25-18(21)24)8-11-6-13(19)16(22)14(20)7-11/h3-8,22H,1-2H3/b15-8+. The molecule has 0 radical (unpaired) electrons. The van der Waals surface area contributed by atoms with E-state index in [0.717, 1.165) is 16.8 Å². The summed E-state index contributed by atoms with van der Waals surface area (Å²) < 4.78 is 0.468. The SMILES string of the molecule is Cc1ccc(N2C(=O)/C(=C\c3cc(Cl)c(O)c(Cl)c3)SC2=S)cc1C. The van der Waals surface area contributed by atoms with E-state index in [1.54, 1.807) is 18.2 Å². The number of phenolic OH excluding ortho intramolecular Hbond substituents is 1. The molecule has 1 fully saturated rings. The zero-order valence-electron chi connectivity index (χ0n) is 13.3. The van der Waals surface area contributed by atoms with Crippen LogP contribution in [0.25, 0.3) is 6.08 Å². The fourth-order valence-electron chi connectivity index (χ4n) is 2.37. The van der Waals surface area contributed by atoms with Gasteiger partial charge in [0.1, 0.15) is 0 Å². The lowest BCUT2D eigenvalue weighted by Crippen LogP contribution is -2.27. The van der Waals surface area contributed by atoms with Gasteiger partial charge in [-0.15, -0.1) is 0 Å². The van der Waals surface area contributed by atoms with E-state index in [1.807, 2.05) is 32.0 Å². The molecule has 0 atom stereocenters. The van der Waals surface area contributed by atoms with Crippen molar-refractivity contribution >= 4 is 69.2 Å². The Balaban J connectivity index is 1.97. The van der Waals surface area contributed by atoms with Gasteiger partial charge in [0.15, 0.2) is 10.1 Å². The molecule has 0 saturated carbocycles. The predicted octanol–water partition coefficient (Wildman–Crippen LogP) is 5.72. The van der Waals surface area contributed by atoms with Gasteiger partial charge in [-0.2, -0.15) is 0 Å². The van der Waals surface area contributed by atoms with Crippen LogP contribution in [0, 0.1) is 13.8 Å². The number of carbonyl (C=O) groups excluding carboxylic acids is 1. The first-order valence-corrected chi connectivity index (χ1v) is 9.29. The van der Waals surface area contributed by atoms with Crippen LogP contribution >= 0.6 is 47.2 Å². The zero-order valence-corrected chi connectivity index (χ0v) is 16.5. The van der Waals surface area contributed by atoms with Gasteiger partial charge in [0, 0.05) is 0 Å². The summed E-state index contributed by atoms with van der Waals surface area (Å²) in [6.07, 6.45) is 1.66. The monoisotopic (exact) mass is 409 g/mol. The molecule has 1 aliphatic rings. The number of aryl methyl sites for hydroxylation is 2. The second kappa shape index (κ2) is 7.00. The van der Waals surface area contributed by atoms with E-state index in [2.05, 4.69) is 0 Å². The Morgan fingerprint density at radius 2 is 1.76 bits per heavy atom. The molecule has 25 heavy (non-hydrogen) atoms. The number of nitrogens with zero attached hydrogens (tertiary/aromatic N) is 1. The molecule has 1 saturated heterocycles. The number of halogens is 2. The number of amides is 1. The molecule has 7 heteroatoms. The maximum Gasteiger partial charge on any atom is 0.270 e. The molecule has 0 bridgehead atoms. The minimum atomic E-state index is -0.196. The lowest BCUT2D eigenvalue weighted by Gasteiger charge is -2.15. The van der Waals surface area contributed by atoms with E-state index in [1.165, 1.54) is 16.7 Å². The van der Waals surface area contributed by atoms with E-state index in [9.17, 15) is 9.90 Å². The molecule has 1 heterocycles. The summed E-state index contributed by atoms with van der Waals surface area (Å²) >= 11 is 18.5. The van der Waals surface area contributed by atoms with Crippen molar-refractivity contribution < 1.29 is 9.90 Å². The number of hydrogen-bond acceptors (Lipinski definition) is 4. The van der Waals surface area contributed by atoms with Gasteiger partial charge >= 0.3 is 0 Å². The quantitative estimate of drug-likeness (QED) is 0.508. The van der Waals surface area contributed by atoms with Crippen molar-refractivity contribution in [3.8, 4) is 5.75 Å². The van der Waals surface area contributed by atoms with Crippen molar-refractivity contribution in [3.05, 3.63) is 62.0 Å². The Kier molecular flexibility index (Phi) is 5.11. The highest BCUT2D eigenvalue weighted by Crippen LogP contribution is 2.38. The van der Waals surface area contributed by atoms with Crippen molar-refractivity contribution in [2.24, 2.45) is 0 Å². The predicted molar refractivity (Wildman–Crippen MR) is 110 cm³/mol. The number of hydrogen-bond donors (Lipinski definition) is 1. The fourth-order valence-corrected chi connectivity index (χ4v) is 4.18. The summed E-state index contributed by atoms with van der Waals surface area (Å²) in [4.78, 5) is 14.8. The first-order chi connectivity index (χ1) is 11.8. The van der Waals surface area contributed by atoms with Crippen molar-refractivity contribution in [1.82, 2.24) is 0 Å². The Hall–Kier alpha value is -1.53. The van der Waals surface area contributed by atoms with Crippen LogP contribution in [0.5, 0.6) is 5.75 Å². The summed E-state index contributed by atoms with van der Waals surface area (Å²) in [5.41, 5.74) is 3.61. The molecule has 0 aromatic heterocycles. The van der Waals surface area contributed by atoms with Crippen molar-refractivity contribution in [3.63, 3.8) is 0 Å². The van der Waals surface area contributed by atoms with E-state index in [0.29, 0.717) is 14.8 Å². The van der Waals surface area contributed by atoms with Gasteiger partial charge < -0.3 is 5.11 Å². The Labute approximate surface area is 165 Å². The molecule has 2 aromatic carbocycles. The maximum atomic E-state index is 12.8. The highest BCUT2D eigenvalue weighted by Gasteiger charge is 2.33. The van der Waals surface area contributed by atoms with Crippen LogP contribution in [0.4, 0.5) is 5.69 Å². The van der Waals surface area contributed by atoms with Crippen LogP contribution in [0.2, 0.25) is 10.0 Å². The van der Waals surface area contributed by atoms with E-state index < -0.39 is 0 Å². The third-order valence-electron chi connectivity index (χ3n) is 3.88. The molecule has 3 rings (SSSR count). The molecular weight excluding hydrogens is 397 g/mol. The van der Waals surface area contributed by atoms with E-state index in [4.69, 9.17) is 35.4 Å². The number of phenols is 1. The Bertz CT molecular complexity index is 918. The average molecular weight is 410 g/mol. The van der Waals surface area contributed by atoms with Gasteiger partial charge in [-0.3, -0.25) is 9.69 Å². The zero-order chi connectivity index (χ0) is 18.3. The van der Waals surface area contributed by atoms with E-state index >= 15 is 0 Å². The third kappa shape index (κ3) is 3.55. The summed E-state index contributed by atoms with van der Waals surface area (Å²) in [6, 6.07) is 8.88. The van der Waals surface area contributed by atoms with Crippen LogP contribution in [0.3, 0.4) is 0 Å². The lowest BCUT2D eigenvalue weighted by molar-refractivity contribution is -0.113. The minimum Gasteiger partial charge on any atom is -0.505 e. The molecule has 1 aliphatic heterocycles. The average Bonchev–Trinajstić information content (AvgIpc) is 2.82. The van der Waals surface area contributed by atoms with Gasteiger partial charge in [-0.05, 0) is 60.9 Å². The number of carbonyl (C=O) groups is 1. The van der Waals surface area contributed by atoms with Crippen molar-refractivity contribution in [2.75, 3.05) is 4.90 Å². The third-order valence-corrected chi connectivity index (χ3v) is 5.76. The highest BCUT2D eigenvalue weighted by atomic mass is 35.5. The Morgan fingerprint density at radius 1 is 1.12 bits per heavy atom. The number of thiocarbonyl (C=S) groups is 1. The second-order valence-corrected chi connectivity index (χ2v) is 8.11. The molecule has 128 valence electrons. The van der Waals surface area contributed by atoms with Crippen LogP contribution in [-0.4, -0.2) is 15.3 Å². The molecule has 0 spiro atoms. The largest absolute Gasteiger partial charge is 0.505 e. The first kappa shape index (κ1) is 18.3. The maximum absolute atomic E-state index is 12.8. The Morgan fingerprint density at radius 3 is 2.36 bits per heavy atom. The molecule has 0 aliphatic carbocycles. The second-order valence-electron chi connectivity index (χ2n) is 5.62. The van der Waals surface area contributed by atoms with Gasteiger partial charge in [0.2, 0.25) is 0 Å². The summed E-state index contributed by atoms with van der Waals surface area (Å²) in [5.74, 6) is -0.373. The topological polar surface area (TPSA) is 40.5 Å². The van der Waals surface area contributed by atoms with Gasteiger partial charge in [0.05, 0.1) is 20.6 Å². The molecule has 3 nitrogen and oxygen atoms in total. The summed E-state index contributed by atoms with van der Waals surface area (Å²) in [7, 11) is 0. The molecular formula is C18H13Cl2NO2S2. The van der Waals surface area contributed by atoms with E-state index in [-0.39, 0.29) is 21.7 Å². The lowest BCUT2D eigenvalue weighted by atomic mass is 10.1. The van der Waals surface area contributed by atoms with Gasteiger partial charge in [-0.1, -0.05) is 53.2 Å². The number of benzene rings is 2. The summed E-state index contributed by atoms with van der Waals surface area (Å²) in [5, 5.41) is 9.90. The minimum absolute atomic E-state index is 0.128. The van der Waals surface area contributed by atoms with Crippen LogP contribution in [-0.2, 0) is 4.79 Å². The number of rotatable bonds is 2. The number of aromatic hydroxyl groups is 1. The molecule has 2 aromatic rings. The molecule has 0 unspecified atom stereocenters. The smallest absolute Gasteiger partial charge is 0.270 e. The van der Waals surface area contributed by atoms with Gasteiger partial charge in [0.25, 0.3) is 5.91 Å². The molecule has 1 N–H and O–H groups in total. The van der Waals surface area contributed by atoms with Crippen LogP contribution in [0.15, 0.2) is 35.2 Å². The van der Waals surface area contributed by atoms with Crippen LogP contribution in [0.1, 0.15) is 16.7 Å². The van der Waals surface area contributed by atoms with Crippen molar-refractivity contribution in [1.29, 1.82) is 0 Å². The normalized spacial score (nSPS) is 16.2. The fraction of sp³-hybridized carbons (Fsp3) is 0.111. The number of thioether (sulfide) groups is 1.